The van der Waals surface area contributed by atoms with E-state index in [0.29, 0.717) is 18.7 Å². The highest BCUT2D eigenvalue weighted by Gasteiger charge is 2.44. The van der Waals surface area contributed by atoms with Crippen LogP contribution in [0.15, 0.2) is 12.1 Å². The number of urea groups is 1. The van der Waals surface area contributed by atoms with Crippen LogP contribution in [0.2, 0.25) is 0 Å². The number of likely N-dealkylation sites (tertiary alicyclic amines) is 1. The third-order valence-corrected chi connectivity index (χ3v) is 7.43. The lowest BCUT2D eigenvalue weighted by Crippen LogP contribution is -2.61. The zero-order chi connectivity index (χ0) is 27.8. The fourth-order valence-electron chi connectivity index (χ4n) is 5.04. The van der Waals surface area contributed by atoms with Gasteiger partial charge in [-0.3, -0.25) is 4.79 Å². The Morgan fingerprint density at radius 3 is 2.77 bits per heavy atom. The first-order chi connectivity index (χ1) is 18.8. The van der Waals surface area contributed by atoms with Crippen LogP contribution in [0, 0.1) is 12.8 Å². The highest BCUT2D eigenvalue weighted by atomic mass is 16.4. The third kappa shape index (κ3) is 7.26. The maximum Gasteiger partial charge on any atom is 0.323 e. The number of anilines is 1. The Hall–Kier alpha value is -3.65. The smallest absolute Gasteiger partial charge is 0.323 e. The fraction of sp³-hybridized carbons (Fsp3) is 0.640. The number of carbonyl (C=O) groups excluding carboxylic acids is 2. The lowest BCUT2D eigenvalue weighted by Gasteiger charge is -2.41. The molecule has 1 saturated heterocycles. The number of amides is 2. The second kappa shape index (κ2) is 12.9. The van der Waals surface area contributed by atoms with Crippen LogP contribution >= 0.6 is 0 Å². The van der Waals surface area contributed by atoms with Crippen LogP contribution in [0.5, 0.6) is 0 Å². The highest BCUT2D eigenvalue weighted by Crippen LogP contribution is 2.26. The van der Waals surface area contributed by atoms with Gasteiger partial charge in [0.05, 0.1) is 12.1 Å². The van der Waals surface area contributed by atoms with Gasteiger partial charge in [0.2, 0.25) is 0 Å². The number of hydrogen-bond donors (Lipinski definition) is 5. The summed E-state index contributed by atoms with van der Waals surface area (Å²) in [5.74, 6) is -0.309. The van der Waals surface area contributed by atoms with Crippen LogP contribution in [-0.2, 0) is 29.0 Å². The van der Waals surface area contributed by atoms with Crippen LogP contribution in [0.25, 0.3) is 0 Å². The molecule has 4 heterocycles. The molecule has 2 atom stereocenters. The third-order valence-electron chi connectivity index (χ3n) is 7.43. The van der Waals surface area contributed by atoms with Gasteiger partial charge in [-0.25, -0.2) is 14.5 Å². The number of carboxylic acid groups (broad SMARTS) is 1. The van der Waals surface area contributed by atoms with Crippen molar-refractivity contribution in [2.45, 2.75) is 63.6 Å². The molecule has 0 aromatic carbocycles. The summed E-state index contributed by atoms with van der Waals surface area (Å²) in [4.78, 5) is 42.5. The summed E-state index contributed by atoms with van der Waals surface area (Å²) in [6.45, 7) is 3.77. The molecule has 14 heteroatoms. The van der Waals surface area contributed by atoms with E-state index in [9.17, 15) is 24.6 Å². The molecule has 0 aliphatic carbocycles. The molecule has 0 spiro atoms. The van der Waals surface area contributed by atoms with Gasteiger partial charge >= 0.3 is 12.0 Å². The number of rotatable bonds is 12. The first-order valence-electron chi connectivity index (χ1n) is 13.4. The fourth-order valence-corrected chi connectivity index (χ4v) is 5.04. The monoisotopic (exact) mass is 543 g/mol. The number of piperidine rings is 1. The quantitative estimate of drug-likeness (QED) is 0.176. The molecule has 2 aromatic rings. The predicted octanol–water partition coefficient (Wildman–Crippen LogP) is -0.238. The van der Waals surface area contributed by atoms with Gasteiger partial charge in [-0.15, -0.1) is 5.10 Å². The summed E-state index contributed by atoms with van der Waals surface area (Å²) in [5, 5.41) is 41.2. The minimum absolute atomic E-state index is 0.0292. The Morgan fingerprint density at radius 1 is 1.28 bits per heavy atom. The summed E-state index contributed by atoms with van der Waals surface area (Å²) >= 11 is 0. The van der Waals surface area contributed by atoms with Gasteiger partial charge in [-0.1, -0.05) is 6.07 Å². The number of aldehydes is 1. The van der Waals surface area contributed by atoms with Gasteiger partial charge in [0.25, 0.3) is 0 Å². The Balaban J connectivity index is 1.21. The number of aliphatic carboxylic acids is 1. The molecule has 39 heavy (non-hydrogen) atoms. The second-order valence-corrected chi connectivity index (χ2v) is 10.3. The van der Waals surface area contributed by atoms with Gasteiger partial charge in [0.1, 0.15) is 24.0 Å². The Kier molecular flexibility index (Phi) is 9.41. The molecule has 2 unspecified atom stereocenters. The Bertz CT molecular complexity index is 1150. The SMILES string of the molecule is Cc1nnnn1CC(C=O)CNC(C(=O)O)C1(O)CCN(C(=O)NCCCc2ccc3c(n2)NCCC3)CC1. The molecule has 1 fully saturated rings. The molecule has 0 saturated carbocycles. The van der Waals surface area contributed by atoms with E-state index < -0.39 is 23.5 Å². The van der Waals surface area contributed by atoms with Crippen molar-refractivity contribution in [2.75, 3.05) is 38.0 Å². The summed E-state index contributed by atoms with van der Waals surface area (Å²) in [7, 11) is 0. The number of nitrogens with zero attached hydrogens (tertiary/aromatic N) is 6. The standard InChI is InChI=1S/C25H37N9O5/c1-17-30-31-32-34(17)15-18(16-35)14-28-21(23(36)37)25(39)8-12-33(13-9-25)24(38)27-11-3-5-20-7-6-19-4-2-10-26-22(19)29-20/h6-7,16,18,21,28,39H,2-5,8-15H2,1H3,(H,26,29)(H,27,38)(H,36,37). The second-order valence-electron chi connectivity index (χ2n) is 10.3. The topological polar surface area (TPSA) is 187 Å². The van der Waals surface area contributed by atoms with Crippen molar-refractivity contribution >= 4 is 24.1 Å². The molecule has 2 aliphatic rings. The summed E-state index contributed by atoms with van der Waals surface area (Å²) < 4.78 is 1.46. The molecule has 2 amide bonds. The molecule has 5 N–H and O–H groups in total. The lowest BCUT2D eigenvalue weighted by molar-refractivity contribution is -0.150. The number of pyridine rings is 1. The molecule has 2 aliphatic heterocycles. The molecule has 4 rings (SSSR count). The zero-order valence-corrected chi connectivity index (χ0v) is 22.2. The Labute approximate surface area is 226 Å². The molecule has 14 nitrogen and oxygen atoms in total. The van der Waals surface area contributed by atoms with E-state index >= 15 is 0 Å². The van der Waals surface area contributed by atoms with Crippen molar-refractivity contribution in [3.8, 4) is 0 Å². The molecular weight excluding hydrogens is 506 g/mol. The number of nitrogens with one attached hydrogen (secondary N) is 3. The van der Waals surface area contributed by atoms with Crippen molar-refractivity contribution in [3.63, 3.8) is 0 Å². The van der Waals surface area contributed by atoms with Crippen LogP contribution < -0.4 is 16.0 Å². The highest BCUT2D eigenvalue weighted by molar-refractivity contribution is 5.76. The van der Waals surface area contributed by atoms with Crippen LogP contribution in [0.3, 0.4) is 0 Å². The van der Waals surface area contributed by atoms with Crippen molar-refractivity contribution in [1.29, 1.82) is 0 Å². The number of aromatic nitrogens is 5. The van der Waals surface area contributed by atoms with E-state index in [4.69, 9.17) is 0 Å². The number of hydrogen-bond acceptors (Lipinski definition) is 10. The largest absolute Gasteiger partial charge is 0.480 e. The average Bonchev–Trinajstić information content (AvgIpc) is 3.34. The minimum atomic E-state index is -1.56. The van der Waals surface area contributed by atoms with Gasteiger partial charge in [0, 0.05) is 44.3 Å². The van der Waals surface area contributed by atoms with Gasteiger partial charge in [-0.05, 0) is 67.5 Å². The normalized spacial score (nSPS) is 17.9. The summed E-state index contributed by atoms with van der Waals surface area (Å²) in [6, 6.07) is 2.62. The van der Waals surface area contributed by atoms with Crippen molar-refractivity contribution in [2.24, 2.45) is 5.92 Å². The number of carbonyl (C=O) groups is 3. The van der Waals surface area contributed by atoms with Crippen molar-refractivity contribution in [3.05, 3.63) is 29.2 Å². The van der Waals surface area contributed by atoms with E-state index in [0.717, 1.165) is 43.7 Å². The predicted molar refractivity (Wildman–Crippen MR) is 140 cm³/mol. The number of fused-ring (bicyclic) bond motifs is 1. The van der Waals surface area contributed by atoms with Crippen LogP contribution in [-0.4, -0.2) is 103 Å². The van der Waals surface area contributed by atoms with Crippen molar-refractivity contribution in [1.82, 2.24) is 40.7 Å². The van der Waals surface area contributed by atoms with Crippen LogP contribution in [0.4, 0.5) is 10.6 Å². The van der Waals surface area contributed by atoms with Gasteiger partial charge < -0.3 is 35.9 Å². The van der Waals surface area contributed by atoms with E-state index in [-0.39, 0.29) is 45.1 Å². The van der Waals surface area contributed by atoms with E-state index in [1.807, 2.05) is 6.07 Å². The first kappa shape index (κ1) is 28.4. The number of carboxylic acids is 1. The summed E-state index contributed by atoms with van der Waals surface area (Å²) in [6.07, 6.45) is 4.54. The van der Waals surface area contributed by atoms with Gasteiger partial charge in [-0.2, -0.15) is 0 Å². The van der Waals surface area contributed by atoms with E-state index in [2.05, 4.69) is 42.5 Å². The maximum absolute atomic E-state index is 12.7. The Morgan fingerprint density at radius 2 is 2.08 bits per heavy atom. The number of tetrazole rings is 1. The average molecular weight is 544 g/mol. The van der Waals surface area contributed by atoms with Gasteiger partial charge in [0.15, 0.2) is 0 Å². The minimum Gasteiger partial charge on any atom is -0.480 e. The molecule has 2 aromatic heterocycles. The zero-order valence-electron chi connectivity index (χ0n) is 22.2. The first-order valence-corrected chi connectivity index (χ1v) is 13.4. The van der Waals surface area contributed by atoms with Crippen molar-refractivity contribution < 1.29 is 24.6 Å². The molecular formula is C25H37N9O5. The maximum atomic E-state index is 12.7. The van der Waals surface area contributed by atoms with E-state index in [1.165, 1.54) is 10.2 Å². The molecule has 212 valence electrons. The van der Waals surface area contributed by atoms with E-state index in [1.54, 1.807) is 11.8 Å². The number of aliphatic hydroxyl groups is 1. The molecule has 0 radical (unpaired) electrons. The lowest BCUT2D eigenvalue weighted by atomic mass is 9.84. The number of aryl methyl sites for hydroxylation is 3. The van der Waals surface area contributed by atoms with Crippen LogP contribution in [0.1, 0.15) is 42.8 Å². The molecule has 0 bridgehead atoms. The summed E-state index contributed by atoms with van der Waals surface area (Å²) in [5.41, 5.74) is 0.664.